The minimum atomic E-state index is -1.48. The van der Waals surface area contributed by atoms with Crippen molar-refractivity contribution in [3.63, 3.8) is 0 Å². The summed E-state index contributed by atoms with van der Waals surface area (Å²) >= 11 is 0. The van der Waals surface area contributed by atoms with E-state index in [0.717, 1.165) is 0 Å². The van der Waals surface area contributed by atoms with E-state index in [9.17, 15) is 19.8 Å². The molecule has 0 bridgehead atoms. The van der Waals surface area contributed by atoms with Crippen LogP contribution in [0.3, 0.4) is 0 Å². The molecule has 2 aromatic carbocycles. The number of ether oxygens (including phenoxy) is 2. The van der Waals surface area contributed by atoms with Crippen LogP contribution in [0.15, 0.2) is 48.5 Å². The van der Waals surface area contributed by atoms with Crippen molar-refractivity contribution < 1.29 is 29.3 Å². The van der Waals surface area contributed by atoms with Crippen molar-refractivity contribution in [3.05, 3.63) is 59.7 Å². The molecular weight excluding hydrogens is 350 g/mol. The Morgan fingerprint density at radius 1 is 1.11 bits per heavy atom. The van der Waals surface area contributed by atoms with Gasteiger partial charge in [-0.05, 0) is 36.8 Å². The lowest BCUT2D eigenvalue weighted by atomic mass is 9.86. The van der Waals surface area contributed by atoms with Crippen molar-refractivity contribution in [1.29, 1.82) is 0 Å². The van der Waals surface area contributed by atoms with Gasteiger partial charge in [-0.25, -0.2) is 4.79 Å². The van der Waals surface area contributed by atoms with Gasteiger partial charge in [-0.1, -0.05) is 24.3 Å². The zero-order chi connectivity index (χ0) is 20.0. The normalized spacial score (nSPS) is 14.0. The third-order valence-corrected chi connectivity index (χ3v) is 4.12. The maximum absolute atomic E-state index is 12.3. The molecule has 27 heavy (non-hydrogen) atoms. The summed E-state index contributed by atoms with van der Waals surface area (Å²) in [5, 5.41) is 19.1. The monoisotopic (exact) mass is 373 g/mol. The first-order valence-corrected chi connectivity index (χ1v) is 8.39. The van der Waals surface area contributed by atoms with Gasteiger partial charge in [-0.2, -0.15) is 0 Å². The first-order chi connectivity index (χ1) is 12.7. The van der Waals surface area contributed by atoms with E-state index >= 15 is 0 Å². The highest BCUT2D eigenvalue weighted by atomic mass is 16.5. The predicted octanol–water partition coefficient (Wildman–Crippen LogP) is 2.15. The zero-order valence-corrected chi connectivity index (χ0v) is 15.2. The van der Waals surface area contributed by atoms with Gasteiger partial charge in [-0.15, -0.1) is 0 Å². The quantitative estimate of drug-likeness (QED) is 0.502. The SMILES string of the molecule is COC(=O)C(N)(Cc1ccc(O)c(O)c1)C[C@H](C)OC(=O)c1ccccc1. The standard InChI is InChI=1S/C20H23NO6/c1-13(27-18(24)15-6-4-3-5-7-15)11-20(21,19(25)26-2)12-14-8-9-16(22)17(23)10-14/h3-10,13,22-23H,11-12,21H2,1-2H3/t13-,20?/m0/s1. The number of carbonyl (C=O) groups excluding carboxylic acids is 2. The smallest absolute Gasteiger partial charge is 0.338 e. The summed E-state index contributed by atoms with van der Waals surface area (Å²) in [7, 11) is 1.22. The van der Waals surface area contributed by atoms with Crippen LogP contribution in [0.2, 0.25) is 0 Å². The second kappa shape index (κ2) is 8.55. The van der Waals surface area contributed by atoms with Crippen LogP contribution in [0.1, 0.15) is 29.3 Å². The van der Waals surface area contributed by atoms with Gasteiger partial charge >= 0.3 is 11.9 Å². The van der Waals surface area contributed by atoms with Gasteiger partial charge in [0.2, 0.25) is 0 Å². The van der Waals surface area contributed by atoms with Crippen LogP contribution in [-0.4, -0.2) is 40.9 Å². The minimum Gasteiger partial charge on any atom is -0.504 e. The second-order valence-corrected chi connectivity index (χ2v) is 6.43. The maximum atomic E-state index is 12.3. The Morgan fingerprint density at radius 3 is 2.37 bits per heavy atom. The molecule has 0 aliphatic rings. The number of hydrogen-bond acceptors (Lipinski definition) is 7. The number of benzene rings is 2. The highest BCUT2D eigenvalue weighted by Crippen LogP contribution is 2.28. The summed E-state index contributed by atoms with van der Waals surface area (Å²) in [4.78, 5) is 24.5. The van der Waals surface area contributed by atoms with E-state index in [1.165, 1.54) is 19.2 Å². The Kier molecular flexibility index (Phi) is 6.41. The molecule has 0 amide bonds. The van der Waals surface area contributed by atoms with Crippen molar-refractivity contribution in [2.24, 2.45) is 5.73 Å². The van der Waals surface area contributed by atoms with E-state index in [4.69, 9.17) is 15.2 Å². The topological polar surface area (TPSA) is 119 Å². The van der Waals surface area contributed by atoms with Crippen molar-refractivity contribution in [1.82, 2.24) is 0 Å². The summed E-state index contributed by atoms with van der Waals surface area (Å²) in [6.45, 7) is 1.64. The van der Waals surface area contributed by atoms with Crippen LogP contribution in [0.5, 0.6) is 11.5 Å². The number of aromatic hydroxyl groups is 2. The lowest BCUT2D eigenvalue weighted by molar-refractivity contribution is -0.148. The molecule has 0 spiro atoms. The van der Waals surface area contributed by atoms with E-state index < -0.39 is 23.6 Å². The third kappa shape index (κ3) is 5.21. The molecule has 1 unspecified atom stereocenters. The molecule has 2 aromatic rings. The lowest BCUT2D eigenvalue weighted by Crippen LogP contribution is -2.53. The van der Waals surface area contributed by atoms with E-state index in [1.807, 2.05) is 0 Å². The van der Waals surface area contributed by atoms with Gasteiger partial charge in [0.25, 0.3) is 0 Å². The van der Waals surface area contributed by atoms with E-state index in [-0.39, 0.29) is 24.3 Å². The van der Waals surface area contributed by atoms with Crippen LogP contribution in [0.25, 0.3) is 0 Å². The summed E-state index contributed by atoms with van der Waals surface area (Å²) in [6, 6.07) is 12.7. The van der Waals surface area contributed by atoms with E-state index in [0.29, 0.717) is 11.1 Å². The lowest BCUT2D eigenvalue weighted by Gasteiger charge is -2.29. The van der Waals surface area contributed by atoms with E-state index in [2.05, 4.69) is 0 Å². The number of nitrogens with two attached hydrogens (primary N) is 1. The molecule has 0 radical (unpaired) electrons. The Morgan fingerprint density at radius 2 is 1.78 bits per heavy atom. The third-order valence-electron chi connectivity index (χ3n) is 4.12. The van der Waals surface area contributed by atoms with Gasteiger partial charge in [-0.3, -0.25) is 4.79 Å². The predicted molar refractivity (Wildman–Crippen MR) is 98.3 cm³/mol. The molecule has 0 saturated carbocycles. The van der Waals surface area contributed by atoms with Crippen molar-refractivity contribution in [2.45, 2.75) is 31.4 Å². The Labute approximate surface area is 157 Å². The van der Waals surface area contributed by atoms with Gasteiger partial charge in [0.15, 0.2) is 11.5 Å². The molecule has 0 aliphatic heterocycles. The number of methoxy groups -OCH3 is 1. The van der Waals surface area contributed by atoms with Crippen LogP contribution in [0, 0.1) is 0 Å². The number of phenols is 2. The van der Waals surface area contributed by atoms with E-state index in [1.54, 1.807) is 43.3 Å². The minimum absolute atomic E-state index is 0.0138. The van der Waals surface area contributed by atoms with Gasteiger partial charge < -0.3 is 25.4 Å². The average molecular weight is 373 g/mol. The number of phenolic OH excluding ortho intramolecular Hbond substituents is 2. The average Bonchev–Trinajstić information content (AvgIpc) is 2.64. The number of carbonyl (C=O) groups is 2. The summed E-state index contributed by atoms with van der Waals surface area (Å²) in [5.74, 6) is -1.77. The van der Waals surface area contributed by atoms with Gasteiger partial charge in [0, 0.05) is 12.8 Å². The summed E-state index contributed by atoms with van der Waals surface area (Å²) in [6.07, 6.45) is -0.617. The molecule has 0 heterocycles. The molecule has 0 fully saturated rings. The van der Waals surface area contributed by atoms with Gasteiger partial charge in [0.05, 0.1) is 12.7 Å². The van der Waals surface area contributed by atoms with Crippen molar-refractivity contribution in [3.8, 4) is 11.5 Å². The fraction of sp³-hybridized carbons (Fsp3) is 0.300. The summed E-state index contributed by atoms with van der Waals surface area (Å²) < 4.78 is 10.2. The van der Waals surface area contributed by atoms with Crippen molar-refractivity contribution >= 4 is 11.9 Å². The molecule has 0 aromatic heterocycles. The number of hydrogen-bond donors (Lipinski definition) is 3. The van der Waals surface area contributed by atoms with Crippen LogP contribution in [0.4, 0.5) is 0 Å². The molecule has 7 nitrogen and oxygen atoms in total. The molecule has 7 heteroatoms. The molecule has 4 N–H and O–H groups in total. The van der Waals surface area contributed by atoms with Crippen LogP contribution in [-0.2, 0) is 20.7 Å². The molecule has 2 atom stereocenters. The Hall–Kier alpha value is -3.06. The molecule has 0 saturated heterocycles. The molecule has 0 aliphatic carbocycles. The first kappa shape index (κ1) is 20.3. The second-order valence-electron chi connectivity index (χ2n) is 6.43. The highest BCUT2D eigenvalue weighted by Gasteiger charge is 2.38. The highest BCUT2D eigenvalue weighted by molar-refractivity contribution is 5.89. The van der Waals surface area contributed by atoms with Crippen LogP contribution >= 0.6 is 0 Å². The van der Waals surface area contributed by atoms with Gasteiger partial charge in [0.1, 0.15) is 11.6 Å². The van der Waals surface area contributed by atoms with Crippen molar-refractivity contribution in [2.75, 3.05) is 7.11 Å². The fourth-order valence-corrected chi connectivity index (χ4v) is 2.85. The molecule has 144 valence electrons. The molecule has 2 rings (SSSR count). The number of rotatable bonds is 7. The largest absolute Gasteiger partial charge is 0.504 e. The maximum Gasteiger partial charge on any atom is 0.338 e. The fourth-order valence-electron chi connectivity index (χ4n) is 2.85. The summed E-state index contributed by atoms with van der Waals surface area (Å²) in [5.41, 5.74) is 5.72. The molecular formula is C20H23NO6. The number of esters is 2. The zero-order valence-electron chi connectivity index (χ0n) is 15.2. The van der Waals surface area contributed by atoms with Crippen LogP contribution < -0.4 is 5.73 Å². The first-order valence-electron chi connectivity index (χ1n) is 8.39. The Balaban J connectivity index is 2.13. The Bertz CT molecular complexity index is 807.